The number of anilines is 1. The summed E-state index contributed by atoms with van der Waals surface area (Å²) in [7, 11) is 0. The van der Waals surface area contributed by atoms with E-state index in [-0.39, 0.29) is 11.5 Å². The molecule has 0 aliphatic heterocycles. The maximum absolute atomic E-state index is 13.3. The third kappa shape index (κ3) is 4.05. The fraction of sp³-hybridized carbons (Fsp3) is 0.211. The molecule has 134 valence electrons. The van der Waals surface area contributed by atoms with E-state index in [1.54, 1.807) is 0 Å². The molecule has 1 heterocycles. The van der Waals surface area contributed by atoms with E-state index in [4.69, 9.17) is 0 Å². The Morgan fingerprint density at radius 3 is 2.73 bits per heavy atom. The van der Waals surface area contributed by atoms with E-state index in [1.165, 1.54) is 18.2 Å². The average Bonchev–Trinajstić information content (AvgIpc) is 3.03. The lowest BCUT2D eigenvalue weighted by atomic mass is 10.1. The number of nitrogens with one attached hydrogen (secondary N) is 3. The van der Waals surface area contributed by atoms with Crippen molar-refractivity contribution in [2.24, 2.45) is 0 Å². The van der Waals surface area contributed by atoms with Crippen molar-refractivity contribution >= 4 is 28.8 Å². The first-order chi connectivity index (χ1) is 12.6. The van der Waals surface area contributed by atoms with Crippen LogP contribution in [0.3, 0.4) is 0 Å². The number of para-hydroxylation sites is 2. The van der Waals surface area contributed by atoms with E-state index in [2.05, 4.69) is 20.6 Å². The normalized spacial score (nSPS) is 11.9. The van der Waals surface area contributed by atoms with Gasteiger partial charge < -0.3 is 10.3 Å². The van der Waals surface area contributed by atoms with Crippen molar-refractivity contribution in [2.75, 3.05) is 5.32 Å². The van der Waals surface area contributed by atoms with Gasteiger partial charge in [-0.15, -0.1) is 0 Å². The number of imidazole rings is 1. The number of carbonyl (C=O) groups excluding carboxylic acids is 2. The molecular formula is C19H19FN4O2. The molecule has 0 spiro atoms. The number of fused-ring (bicyclic) bond motifs is 1. The van der Waals surface area contributed by atoms with Crippen molar-refractivity contribution in [2.45, 2.75) is 25.8 Å². The molecule has 0 aliphatic carbocycles. The number of rotatable bonds is 6. The number of halogens is 1. The predicted molar refractivity (Wildman–Crippen MR) is 97.3 cm³/mol. The number of hydrogen-bond donors (Lipinski definition) is 3. The van der Waals surface area contributed by atoms with Gasteiger partial charge in [-0.1, -0.05) is 31.5 Å². The fourth-order valence-corrected chi connectivity index (χ4v) is 2.64. The second kappa shape index (κ2) is 7.77. The molecule has 6 nitrogen and oxygen atoms in total. The van der Waals surface area contributed by atoms with Crippen molar-refractivity contribution in [1.29, 1.82) is 0 Å². The van der Waals surface area contributed by atoms with E-state index in [0.29, 0.717) is 18.8 Å². The zero-order valence-electron chi connectivity index (χ0n) is 14.3. The SMILES string of the molecule is CCC[C@H](NC(=O)c1cccc(F)c1)C(=O)Nc1nc2ccccc2[nH]1. The molecule has 3 N–H and O–H groups in total. The minimum absolute atomic E-state index is 0.169. The quantitative estimate of drug-likeness (QED) is 0.635. The van der Waals surface area contributed by atoms with Crippen LogP contribution in [0.15, 0.2) is 48.5 Å². The fourth-order valence-electron chi connectivity index (χ4n) is 2.64. The number of aromatic amines is 1. The number of benzene rings is 2. The van der Waals surface area contributed by atoms with E-state index < -0.39 is 17.8 Å². The third-order valence-electron chi connectivity index (χ3n) is 3.92. The Morgan fingerprint density at radius 1 is 1.19 bits per heavy atom. The van der Waals surface area contributed by atoms with E-state index in [1.807, 2.05) is 31.2 Å². The van der Waals surface area contributed by atoms with Crippen LogP contribution >= 0.6 is 0 Å². The van der Waals surface area contributed by atoms with E-state index in [0.717, 1.165) is 17.1 Å². The van der Waals surface area contributed by atoms with Gasteiger partial charge in [-0.2, -0.15) is 0 Å². The molecule has 0 fully saturated rings. The number of H-pyrrole nitrogens is 1. The molecule has 0 radical (unpaired) electrons. The van der Waals surface area contributed by atoms with Crippen molar-refractivity contribution in [3.05, 3.63) is 59.9 Å². The van der Waals surface area contributed by atoms with Crippen molar-refractivity contribution in [1.82, 2.24) is 15.3 Å². The van der Waals surface area contributed by atoms with Crippen LogP contribution in [0.5, 0.6) is 0 Å². The number of carbonyl (C=O) groups is 2. The Kier molecular flexibility index (Phi) is 5.26. The lowest BCUT2D eigenvalue weighted by Gasteiger charge is -2.17. The summed E-state index contributed by atoms with van der Waals surface area (Å²) in [6.07, 6.45) is 1.15. The summed E-state index contributed by atoms with van der Waals surface area (Å²) in [5.74, 6) is -1.06. The van der Waals surface area contributed by atoms with Crippen molar-refractivity contribution in [3.63, 3.8) is 0 Å². The summed E-state index contributed by atoms with van der Waals surface area (Å²) in [6, 6.07) is 12.0. The van der Waals surface area contributed by atoms with Crippen LogP contribution in [-0.4, -0.2) is 27.8 Å². The van der Waals surface area contributed by atoms with Gasteiger partial charge >= 0.3 is 0 Å². The molecular weight excluding hydrogens is 335 g/mol. The predicted octanol–water partition coefficient (Wildman–Crippen LogP) is 3.24. The van der Waals surface area contributed by atoms with Crippen LogP contribution in [0.1, 0.15) is 30.1 Å². The van der Waals surface area contributed by atoms with Crippen LogP contribution in [0.4, 0.5) is 10.3 Å². The van der Waals surface area contributed by atoms with Gasteiger partial charge in [-0.3, -0.25) is 14.9 Å². The molecule has 2 aromatic carbocycles. The van der Waals surface area contributed by atoms with Crippen LogP contribution in [0, 0.1) is 5.82 Å². The molecule has 3 aromatic rings. The molecule has 0 unspecified atom stereocenters. The maximum Gasteiger partial charge on any atom is 0.252 e. The Labute approximate surface area is 149 Å². The number of hydrogen-bond acceptors (Lipinski definition) is 3. The van der Waals surface area contributed by atoms with Gasteiger partial charge in [0.2, 0.25) is 11.9 Å². The Bertz CT molecular complexity index is 905. The standard InChI is InChI=1S/C19H19FN4O2/c1-2-6-16(21-17(25)12-7-5-8-13(20)11-12)18(26)24-19-22-14-9-3-4-10-15(14)23-19/h3-5,7-11,16H,2,6H2,1H3,(H,21,25)(H2,22,23,24,26)/t16-/m0/s1. The average molecular weight is 354 g/mol. The van der Waals surface area contributed by atoms with Gasteiger partial charge in [0.05, 0.1) is 11.0 Å². The van der Waals surface area contributed by atoms with Gasteiger partial charge in [0.1, 0.15) is 11.9 Å². The second-order valence-electron chi connectivity index (χ2n) is 5.92. The maximum atomic E-state index is 13.3. The highest BCUT2D eigenvalue weighted by Gasteiger charge is 2.22. The molecule has 2 amide bonds. The van der Waals surface area contributed by atoms with Crippen molar-refractivity contribution in [3.8, 4) is 0 Å². The monoisotopic (exact) mass is 354 g/mol. The molecule has 3 rings (SSSR count). The molecule has 0 aliphatic rings. The molecule has 0 saturated carbocycles. The first-order valence-electron chi connectivity index (χ1n) is 8.39. The van der Waals surface area contributed by atoms with E-state index in [9.17, 15) is 14.0 Å². The highest BCUT2D eigenvalue weighted by Crippen LogP contribution is 2.14. The Hall–Kier alpha value is -3.22. The highest BCUT2D eigenvalue weighted by molar-refractivity contribution is 6.01. The summed E-state index contributed by atoms with van der Waals surface area (Å²) in [5, 5.41) is 5.35. The molecule has 1 atom stereocenters. The number of amides is 2. The zero-order valence-corrected chi connectivity index (χ0v) is 14.3. The summed E-state index contributed by atoms with van der Waals surface area (Å²) in [5.41, 5.74) is 1.71. The van der Waals surface area contributed by atoms with Gasteiger partial charge in [-0.05, 0) is 36.8 Å². The summed E-state index contributed by atoms with van der Waals surface area (Å²) >= 11 is 0. The van der Waals surface area contributed by atoms with Gasteiger partial charge in [0, 0.05) is 5.56 Å². The minimum atomic E-state index is -0.746. The lowest BCUT2D eigenvalue weighted by Crippen LogP contribution is -2.43. The Morgan fingerprint density at radius 2 is 2.00 bits per heavy atom. The third-order valence-corrected chi connectivity index (χ3v) is 3.92. The molecule has 0 bridgehead atoms. The summed E-state index contributed by atoms with van der Waals surface area (Å²) in [4.78, 5) is 32.2. The minimum Gasteiger partial charge on any atom is -0.340 e. The largest absolute Gasteiger partial charge is 0.340 e. The number of aromatic nitrogens is 2. The van der Waals surface area contributed by atoms with Crippen molar-refractivity contribution < 1.29 is 14.0 Å². The smallest absolute Gasteiger partial charge is 0.252 e. The summed E-state index contributed by atoms with van der Waals surface area (Å²) in [6.45, 7) is 1.91. The van der Waals surface area contributed by atoms with Crippen LogP contribution in [-0.2, 0) is 4.79 Å². The summed E-state index contributed by atoms with van der Waals surface area (Å²) < 4.78 is 13.3. The van der Waals surface area contributed by atoms with Gasteiger partial charge in [0.15, 0.2) is 0 Å². The first kappa shape index (κ1) is 17.6. The second-order valence-corrected chi connectivity index (χ2v) is 5.92. The van der Waals surface area contributed by atoms with Gasteiger partial charge in [-0.25, -0.2) is 9.37 Å². The number of nitrogens with zero attached hydrogens (tertiary/aromatic N) is 1. The molecule has 7 heteroatoms. The Balaban J connectivity index is 1.71. The van der Waals surface area contributed by atoms with Crippen LogP contribution < -0.4 is 10.6 Å². The van der Waals surface area contributed by atoms with E-state index >= 15 is 0 Å². The molecule has 0 saturated heterocycles. The molecule has 1 aromatic heterocycles. The lowest BCUT2D eigenvalue weighted by molar-refractivity contribution is -0.118. The zero-order chi connectivity index (χ0) is 18.5. The molecule has 26 heavy (non-hydrogen) atoms. The van der Waals surface area contributed by atoms with Crippen LogP contribution in [0.25, 0.3) is 11.0 Å². The van der Waals surface area contributed by atoms with Crippen LogP contribution in [0.2, 0.25) is 0 Å². The topological polar surface area (TPSA) is 86.9 Å². The van der Waals surface area contributed by atoms with Gasteiger partial charge in [0.25, 0.3) is 5.91 Å². The highest BCUT2D eigenvalue weighted by atomic mass is 19.1. The first-order valence-corrected chi connectivity index (χ1v) is 8.39.